The summed E-state index contributed by atoms with van der Waals surface area (Å²) < 4.78 is 24.2. The van der Waals surface area contributed by atoms with E-state index in [0.29, 0.717) is 0 Å². The highest BCUT2D eigenvalue weighted by Gasteiger charge is 2.20. The van der Waals surface area contributed by atoms with Crippen molar-refractivity contribution >= 4 is 27.9 Å². The molecule has 116 valence electrons. The summed E-state index contributed by atoms with van der Waals surface area (Å²) in [6.45, 7) is -0.183. The van der Waals surface area contributed by atoms with E-state index in [4.69, 9.17) is 10.8 Å². The van der Waals surface area contributed by atoms with E-state index in [1.807, 2.05) is 0 Å². The van der Waals surface area contributed by atoms with Crippen LogP contribution >= 0.6 is 0 Å². The topological polar surface area (TPSA) is 168 Å². The Morgan fingerprint density at radius 1 is 1.30 bits per heavy atom. The number of carboxylic acid groups (broad SMARTS) is 1. The molecule has 0 fully saturated rings. The smallest absolute Gasteiger partial charge is 0.326 e. The second-order valence-corrected chi connectivity index (χ2v) is 5.87. The minimum atomic E-state index is -3.45. The highest BCUT2D eigenvalue weighted by molar-refractivity contribution is 7.89. The zero-order valence-corrected chi connectivity index (χ0v) is 11.7. The van der Waals surface area contributed by atoms with Crippen LogP contribution in [0.3, 0.4) is 0 Å². The lowest BCUT2D eigenvalue weighted by Crippen LogP contribution is -2.47. The van der Waals surface area contributed by atoms with Gasteiger partial charge in [-0.1, -0.05) is 0 Å². The van der Waals surface area contributed by atoms with Crippen molar-refractivity contribution in [2.75, 3.05) is 19.3 Å². The normalized spacial score (nSPS) is 12.4. The first-order chi connectivity index (χ1) is 9.18. The van der Waals surface area contributed by atoms with Crippen LogP contribution in [-0.2, 0) is 19.6 Å². The molecule has 0 aliphatic carbocycles. The molecule has 20 heavy (non-hydrogen) atoms. The van der Waals surface area contributed by atoms with Crippen LogP contribution in [0.5, 0.6) is 0 Å². The van der Waals surface area contributed by atoms with Gasteiger partial charge in [0.25, 0.3) is 0 Å². The summed E-state index contributed by atoms with van der Waals surface area (Å²) in [5.41, 5.74) is 4.88. The second-order valence-electron chi connectivity index (χ2n) is 3.82. The van der Waals surface area contributed by atoms with E-state index in [-0.39, 0.29) is 25.1 Å². The molecule has 0 aliphatic heterocycles. The van der Waals surface area contributed by atoms with E-state index < -0.39 is 34.0 Å². The first kappa shape index (κ1) is 18.1. The number of nitrogens with two attached hydrogens (primary N) is 1. The van der Waals surface area contributed by atoms with Crippen LogP contribution in [0.4, 0.5) is 4.79 Å². The van der Waals surface area contributed by atoms with Crippen LogP contribution < -0.4 is 21.1 Å². The summed E-state index contributed by atoms with van der Waals surface area (Å²) in [5, 5.41) is 13.1. The Morgan fingerprint density at radius 2 is 1.90 bits per heavy atom. The molecule has 0 heterocycles. The number of aliphatic carboxylic acids is 1. The zero-order chi connectivity index (χ0) is 15.8. The van der Waals surface area contributed by atoms with Gasteiger partial charge in [-0.3, -0.25) is 4.79 Å². The number of sulfonamides is 1. The van der Waals surface area contributed by atoms with Crippen molar-refractivity contribution < 1.29 is 27.9 Å². The monoisotopic (exact) mass is 310 g/mol. The Hall–Kier alpha value is -1.88. The molecule has 0 bridgehead atoms. The second kappa shape index (κ2) is 8.32. The zero-order valence-electron chi connectivity index (χ0n) is 10.9. The maximum atomic E-state index is 11.4. The molecule has 3 amide bonds. The third-order valence-electron chi connectivity index (χ3n) is 2.25. The summed E-state index contributed by atoms with van der Waals surface area (Å²) in [6.07, 6.45) is -0.335. The van der Waals surface area contributed by atoms with E-state index in [0.717, 1.165) is 0 Å². The number of carbonyl (C=O) groups excluding carboxylic acids is 2. The first-order valence-corrected chi connectivity index (χ1v) is 7.30. The molecule has 1 atom stereocenters. The number of hydrogen-bond acceptors (Lipinski definition) is 5. The molecule has 0 aromatic carbocycles. The fourth-order valence-electron chi connectivity index (χ4n) is 1.15. The van der Waals surface area contributed by atoms with Crippen LogP contribution in [0.15, 0.2) is 0 Å². The predicted molar refractivity (Wildman–Crippen MR) is 69.2 cm³/mol. The Morgan fingerprint density at radius 3 is 2.35 bits per heavy atom. The molecule has 6 N–H and O–H groups in total. The maximum Gasteiger partial charge on any atom is 0.326 e. The Kier molecular flexibility index (Phi) is 7.54. The molecule has 0 aromatic rings. The van der Waals surface area contributed by atoms with Crippen LogP contribution in [0.1, 0.15) is 12.8 Å². The summed E-state index contributed by atoms with van der Waals surface area (Å²) >= 11 is 0. The van der Waals surface area contributed by atoms with Crippen molar-refractivity contribution in [1.29, 1.82) is 0 Å². The number of nitrogens with one attached hydrogen (secondary N) is 3. The molecule has 0 spiro atoms. The van der Waals surface area contributed by atoms with E-state index in [2.05, 4.69) is 15.4 Å². The predicted octanol–water partition coefficient (Wildman–Crippen LogP) is -2.45. The first-order valence-electron chi connectivity index (χ1n) is 5.64. The quantitative estimate of drug-likeness (QED) is 0.317. The van der Waals surface area contributed by atoms with Crippen LogP contribution in [0.25, 0.3) is 0 Å². The highest BCUT2D eigenvalue weighted by Crippen LogP contribution is 1.97. The standard InChI is InChI=1S/C9H18N4O6S/c1-11-20(18,19)5-4-12-9(17)13-6(8(15)16)2-3-7(10)14/h6,11H,2-5H2,1H3,(H2,10,14)(H,15,16)(H2,12,13,17). The van der Waals surface area contributed by atoms with Crippen molar-refractivity contribution in [3.8, 4) is 0 Å². The largest absolute Gasteiger partial charge is 0.480 e. The van der Waals surface area contributed by atoms with Gasteiger partial charge in [0.1, 0.15) is 6.04 Å². The molecule has 0 aliphatic rings. The molecule has 1 unspecified atom stereocenters. The number of primary amides is 1. The summed E-state index contributed by atoms with van der Waals surface area (Å²) in [4.78, 5) is 32.7. The maximum absolute atomic E-state index is 11.4. The molecule has 0 radical (unpaired) electrons. The molecule has 0 saturated heterocycles. The Bertz CT molecular complexity index is 463. The average Bonchev–Trinajstić information content (AvgIpc) is 2.33. The van der Waals surface area contributed by atoms with Crippen molar-refractivity contribution in [3.05, 3.63) is 0 Å². The van der Waals surface area contributed by atoms with Crippen molar-refractivity contribution in [3.63, 3.8) is 0 Å². The van der Waals surface area contributed by atoms with Gasteiger partial charge >= 0.3 is 12.0 Å². The molecule has 10 nitrogen and oxygen atoms in total. The molecular formula is C9H18N4O6S. The van der Waals surface area contributed by atoms with E-state index in [9.17, 15) is 22.8 Å². The fraction of sp³-hybridized carbons (Fsp3) is 0.667. The van der Waals surface area contributed by atoms with Gasteiger partial charge in [0.15, 0.2) is 0 Å². The lowest BCUT2D eigenvalue weighted by Gasteiger charge is -2.14. The summed E-state index contributed by atoms with van der Waals surface area (Å²) in [6, 6.07) is -2.11. The third-order valence-corrected chi connectivity index (χ3v) is 3.61. The lowest BCUT2D eigenvalue weighted by molar-refractivity contribution is -0.139. The molecule has 0 saturated carbocycles. The van der Waals surface area contributed by atoms with Gasteiger partial charge in [-0.05, 0) is 13.5 Å². The number of urea groups is 1. The average molecular weight is 310 g/mol. The van der Waals surface area contributed by atoms with E-state index in [1.165, 1.54) is 7.05 Å². The van der Waals surface area contributed by atoms with Crippen LogP contribution in [-0.4, -0.2) is 56.8 Å². The third kappa shape index (κ3) is 8.26. The Balaban J connectivity index is 4.20. The number of rotatable bonds is 9. The Labute approximate surface area is 116 Å². The van der Waals surface area contributed by atoms with Crippen molar-refractivity contribution in [1.82, 2.24) is 15.4 Å². The molecule has 11 heteroatoms. The summed E-state index contributed by atoms with van der Waals surface area (Å²) in [7, 11) is -2.22. The van der Waals surface area contributed by atoms with Gasteiger partial charge in [-0.25, -0.2) is 22.7 Å². The van der Waals surface area contributed by atoms with Gasteiger partial charge in [0.05, 0.1) is 5.75 Å². The van der Waals surface area contributed by atoms with E-state index in [1.54, 1.807) is 0 Å². The molecular weight excluding hydrogens is 292 g/mol. The van der Waals surface area contributed by atoms with Crippen LogP contribution in [0.2, 0.25) is 0 Å². The van der Waals surface area contributed by atoms with Crippen molar-refractivity contribution in [2.45, 2.75) is 18.9 Å². The van der Waals surface area contributed by atoms with Crippen molar-refractivity contribution in [2.24, 2.45) is 5.73 Å². The minimum Gasteiger partial charge on any atom is -0.480 e. The highest BCUT2D eigenvalue weighted by atomic mass is 32.2. The SMILES string of the molecule is CNS(=O)(=O)CCNC(=O)NC(CCC(N)=O)C(=O)O. The van der Waals surface area contributed by atoms with Gasteiger partial charge in [-0.15, -0.1) is 0 Å². The number of amides is 3. The lowest BCUT2D eigenvalue weighted by atomic mass is 10.1. The van der Waals surface area contributed by atoms with Gasteiger partial charge < -0.3 is 21.5 Å². The number of carbonyl (C=O) groups is 3. The fourth-order valence-corrected chi connectivity index (χ4v) is 1.73. The minimum absolute atomic E-state index is 0.146. The molecule has 0 aromatic heterocycles. The van der Waals surface area contributed by atoms with Crippen LogP contribution in [0, 0.1) is 0 Å². The number of carboxylic acids is 1. The summed E-state index contributed by atoms with van der Waals surface area (Å²) in [5.74, 6) is -2.33. The van der Waals surface area contributed by atoms with E-state index >= 15 is 0 Å². The number of hydrogen-bond donors (Lipinski definition) is 5. The molecule has 0 rings (SSSR count). The van der Waals surface area contributed by atoms with Gasteiger partial charge in [0.2, 0.25) is 15.9 Å². The van der Waals surface area contributed by atoms with Gasteiger partial charge in [-0.2, -0.15) is 0 Å². The van der Waals surface area contributed by atoms with Gasteiger partial charge in [0, 0.05) is 13.0 Å².